The smallest absolute Gasteiger partial charge is 0.417 e. The van der Waals surface area contributed by atoms with Crippen molar-refractivity contribution in [2.45, 2.75) is 0 Å². The highest BCUT2D eigenvalue weighted by molar-refractivity contribution is 6.33. The number of nitrogens with one attached hydrogen (secondary N) is 1. The Labute approximate surface area is 119 Å². The van der Waals surface area contributed by atoms with Crippen LogP contribution in [0.4, 0.5) is 16.2 Å². The first kappa shape index (κ1) is 14.1. The highest BCUT2D eigenvalue weighted by Gasteiger charge is 2.09. The summed E-state index contributed by atoms with van der Waals surface area (Å²) in [4.78, 5) is 11.7. The van der Waals surface area contributed by atoms with Gasteiger partial charge in [0.2, 0.25) is 0 Å². The topological polar surface area (TPSA) is 84.9 Å². The first-order valence-electron chi connectivity index (χ1n) is 5.56. The van der Waals surface area contributed by atoms with Gasteiger partial charge in [0, 0.05) is 0 Å². The Bertz CT molecular complexity index is 605. The number of hydrogen-bond acceptors (Lipinski definition) is 5. The summed E-state index contributed by atoms with van der Waals surface area (Å²) in [6.45, 7) is 0. The SMILES string of the molecule is O=C(Nc1cc(N([O-])O)ccc1Cl)Oc1ccccc1. The molecule has 0 radical (unpaired) electrons. The lowest BCUT2D eigenvalue weighted by molar-refractivity contribution is 0.215. The monoisotopic (exact) mass is 293 g/mol. The first-order valence-corrected chi connectivity index (χ1v) is 5.93. The number of benzene rings is 2. The van der Waals surface area contributed by atoms with Crippen molar-refractivity contribution in [2.75, 3.05) is 10.5 Å². The Morgan fingerprint density at radius 1 is 1.25 bits per heavy atom. The molecule has 0 fully saturated rings. The zero-order chi connectivity index (χ0) is 14.5. The number of para-hydroxylation sites is 1. The van der Waals surface area contributed by atoms with Gasteiger partial charge in [0.25, 0.3) is 0 Å². The van der Waals surface area contributed by atoms with Gasteiger partial charge >= 0.3 is 6.09 Å². The number of anilines is 2. The zero-order valence-corrected chi connectivity index (χ0v) is 10.9. The number of amides is 1. The molecule has 0 spiro atoms. The van der Waals surface area contributed by atoms with Gasteiger partial charge in [-0.3, -0.25) is 10.5 Å². The Hall–Kier alpha value is -2.28. The number of carbonyl (C=O) groups excluding carboxylic acids is 1. The zero-order valence-electron chi connectivity index (χ0n) is 10.1. The van der Waals surface area contributed by atoms with Crippen molar-refractivity contribution in [3.63, 3.8) is 0 Å². The number of ether oxygens (including phenoxy) is 1. The van der Waals surface area contributed by atoms with E-state index in [9.17, 15) is 10.0 Å². The standard InChI is InChI=1S/C13H10ClN2O4/c14-11-7-6-9(16(18)19)8-12(11)15-13(17)20-10-4-2-1-3-5-10/h1-8,18H,(H,15,17)/q-1. The van der Waals surface area contributed by atoms with Crippen LogP contribution in [0.15, 0.2) is 48.5 Å². The van der Waals surface area contributed by atoms with Crippen molar-refractivity contribution >= 4 is 29.1 Å². The first-order chi connectivity index (χ1) is 9.56. The summed E-state index contributed by atoms with van der Waals surface area (Å²) in [7, 11) is 0. The molecule has 0 unspecified atom stereocenters. The van der Waals surface area contributed by atoms with Crippen LogP contribution in [0.3, 0.4) is 0 Å². The second kappa shape index (κ2) is 6.25. The van der Waals surface area contributed by atoms with Crippen molar-refractivity contribution < 1.29 is 14.7 Å². The molecule has 0 aromatic heterocycles. The minimum atomic E-state index is -0.759. The van der Waals surface area contributed by atoms with Gasteiger partial charge < -0.3 is 15.2 Å². The van der Waals surface area contributed by atoms with Crippen molar-refractivity contribution in [1.29, 1.82) is 0 Å². The number of nitrogens with zero attached hydrogens (tertiary/aromatic N) is 1. The van der Waals surface area contributed by atoms with E-state index in [4.69, 9.17) is 21.5 Å². The van der Waals surface area contributed by atoms with E-state index in [1.807, 2.05) is 0 Å². The lowest BCUT2D eigenvalue weighted by Gasteiger charge is -2.22. The van der Waals surface area contributed by atoms with Gasteiger partial charge in [-0.25, -0.2) is 4.79 Å². The maximum atomic E-state index is 11.7. The second-order valence-electron chi connectivity index (χ2n) is 3.76. The largest absolute Gasteiger partial charge is 0.733 e. The second-order valence-corrected chi connectivity index (χ2v) is 4.17. The molecule has 2 N–H and O–H groups in total. The van der Waals surface area contributed by atoms with E-state index in [0.29, 0.717) is 5.75 Å². The van der Waals surface area contributed by atoms with Gasteiger partial charge in [-0.15, -0.1) is 0 Å². The third-order valence-electron chi connectivity index (χ3n) is 2.36. The summed E-state index contributed by atoms with van der Waals surface area (Å²) >= 11 is 5.88. The predicted molar refractivity (Wildman–Crippen MR) is 75.2 cm³/mol. The van der Waals surface area contributed by atoms with Gasteiger partial charge in [-0.05, 0) is 30.3 Å². The molecule has 0 heterocycles. The molecule has 0 saturated carbocycles. The third kappa shape index (κ3) is 3.61. The Balaban J connectivity index is 2.09. The fourth-order valence-electron chi connectivity index (χ4n) is 1.46. The highest BCUT2D eigenvalue weighted by atomic mass is 35.5. The molecule has 1 amide bonds. The fourth-order valence-corrected chi connectivity index (χ4v) is 1.62. The van der Waals surface area contributed by atoms with Crippen LogP contribution in [0.2, 0.25) is 5.02 Å². The van der Waals surface area contributed by atoms with Gasteiger partial charge in [0.05, 0.1) is 16.4 Å². The van der Waals surface area contributed by atoms with Gasteiger partial charge in [0.15, 0.2) is 0 Å². The molecule has 104 valence electrons. The van der Waals surface area contributed by atoms with Crippen LogP contribution in [0.25, 0.3) is 0 Å². The molecule has 0 aliphatic carbocycles. The van der Waals surface area contributed by atoms with Crippen LogP contribution in [0.1, 0.15) is 0 Å². The lowest BCUT2D eigenvalue weighted by atomic mass is 10.3. The Morgan fingerprint density at radius 3 is 2.60 bits per heavy atom. The van der Waals surface area contributed by atoms with Crippen molar-refractivity contribution in [3.8, 4) is 5.75 Å². The molecule has 2 aromatic carbocycles. The lowest BCUT2D eigenvalue weighted by Crippen LogP contribution is -2.17. The minimum absolute atomic E-state index is 0.0654. The quantitative estimate of drug-likeness (QED) is 0.844. The average molecular weight is 294 g/mol. The molecule has 0 aliphatic rings. The summed E-state index contributed by atoms with van der Waals surface area (Å²) in [5.74, 6) is 0.366. The molecule has 2 aromatic rings. The van der Waals surface area contributed by atoms with E-state index in [1.165, 1.54) is 18.2 Å². The van der Waals surface area contributed by atoms with Crippen LogP contribution in [-0.4, -0.2) is 11.3 Å². The van der Waals surface area contributed by atoms with Crippen LogP contribution in [0.5, 0.6) is 5.75 Å². The van der Waals surface area contributed by atoms with Gasteiger partial charge in [0.1, 0.15) is 5.75 Å². The molecule has 7 heteroatoms. The maximum Gasteiger partial charge on any atom is 0.417 e. The normalized spacial score (nSPS) is 9.95. The van der Waals surface area contributed by atoms with Gasteiger partial charge in [-0.1, -0.05) is 29.8 Å². The van der Waals surface area contributed by atoms with E-state index >= 15 is 0 Å². The summed E-state index contributed by atoms with van der Waals surface area (Å²) < 4.78 is 5.01. The number of hydrogen-bond donors (Lipinski definition) is 2. The number of halogens is 1. The van der Waals surface area contributed by atoms with Crippen LogP contribution in [-0.2, 0) is 0 Å². The van der Waals surface area contributed by atoms with E-state index in [0.717, 1.165) is 0 Å². The van der Waals surface area contributed by atoms with Crippen LogP contribution < -0.4 is 15.3 Å². The Kier molecular flexibility index (Phi) is 4.41. The minimum Gasteiger partial charge on any atom is -0.733 e. The van der Waals surface area contributed by atoms with Crippen LogP contribution >= 0.6 is 11.6 Å². The molecule has 0 aliphatic heterocycles. The molecule has 0 saturated heterocycles. The van der Waals surface area contributed by atoms with Gasteiger partial charge in [-0.2, -0.15) is 0 Å². The predicted octanol–water partition coefficient (Wildman–Crippen LogP) is 3.64. The molecule has 6 nitrogen and oxygen atoms in total. The molecular formula is C13H10ClN2O4-. The van der Waals surface area contributed by atoms with E-state index in [2.05, 4.69) is 5.32 Å². The van der Waals surface area contributed by atoms with E-state index < -0.39 is 6.09 Å². The Morgan fingerprint density at radius 2 is 1.95 bits per heavy atom. The van der Waals surface area contributed by atoms with Crippen molar-refractivity contribution in [1.82, 2.24) is 0 Å². The molecule has 2 rings (SSSR count). The van der Waals surface area contributed by atoms with Crippen molar-refractivity contribution in [3.05, 3.63) is 58.8 Å². The number of carbonyl (C=O) groups is 1. The van der Waals surface area contributed by atoms with Crippen LogP contribution in [0, 0.1) is 5.21 Å². The molecule has 0 bridgehead atoms. The summed E-state index contributed by atoms with van der Waals surface area (Å²) in [5, 5.41) is 21.8. The van der Waals surface area contributed by atoms with E-state index in [1.54, 1.807) is 30.3 Å². The average Bonchev–Trinajstić information content (AvgIpc) is 2.42. The highest BCUT2D eigenvalue weighted by Crippen LogP contribution is 2.27. The fraction of sp³-hybridized carbons (Fsp3) is 0. The maximum absolute atomic E-state index is 11.7. The molecule has 0 atom stereocenters. The summed E-state index contributed by atoms with van der Waals surface area (Å²) in [6.07, 6.45) is -0.759. The molecular weight excluding hydrogens is 284 g/mol. The summed E-state index contributed by atoms with van der Waals surface area (Å²) in [5.41, 5.74) is 0.0874. The van der Waals surface area contributed by atoms with E-state index in [-0.39, 0.29) is 21.6 Å². The number of rotatable bonds is 3. The third-order valence-corrected chi connectivity index (χ3v) is 2.69. The van der Waals surface area contributed by atoms with Crippen molar-refractivity contribution in [2.24, 2.45) is 0 Å². The summed E-state index contributed by atoms with van der Waals surface area (Å²) in [6, 6.07) is 12.4. The molecule has 20 heavy (non-hydrogen) atoms.